The van der Waals surface area contributed by atoms with Crippen molar-refractivity contribution < 1.29 is 22.5 Å². The van der Waals surface area contributed by atoms with Crippen molar-refractivity contribution in [2.45, 2.75) is 63.7 Å². The van der Waals surface area contributed by atoms with Crippen LogP contribution in [-0.4, -0.2) is 44.4 Å². The van der Waals surface area contributed by atoms with E-state index >= 15 is 0 Å². The first-order valence-electron chi connectivity index (χ1n) is 8.89. The van der Waals surface area contributed by atoms with Crippen LogP contribution in [0.15, 0.2) is 0 Å². The van der Waals surface area contributed by atoms with Gasteiger partial charge in [-0.1, -0.05) is 20.8 Å². The Morgan fingerprint density at radius 3 is 1.92 bits per heavy atom. The summed E-state index contributed by atoms with van der Waals surface area (Å²) in [6.45, 7) is 10.8. The zero-order chi connectivity index (χ0) is 18.3. The Kier molecular flexibility index (Phi) is 5.72. The van der Waals surface area contributed by atoms with Gasteiger partial charge in [0, 0.05) is 26.9 Å². The lowest BCUT2D eigenvalue weighted by atomic mass is 9.88. The first kappa shape index (κ1) is 20.1. The van der Waals surface area contributed by atoms with Gasteiger partial charge in [-0.2, -0.15) is 0 Å². The molecule has 140 valence electrons. The maximum atomic E-state index is 12.9. The minimum atomic E-state index is -2.72. The van der Waals surface area contributed by atoms with E-state index in [0.29, 0.717) is 5.92 Å². The van der Waals surface area contributed by atoms with Crippen molar-refractivity contribution in [3.05, 3.63) is 0 Å². The van der Waals surface area contributed by atoms with E-state index in [0.717, 1.165) is 19.3 Å². The minimum Gasteiger partial charge on any atom is -0.519 e. The van der Waals surface area contributed by atoms with Crippen LogP contribution in [0.5, 0.6) is 0 Å². The lowest BCUT2D eigenvalue weighted by Gasteiger charge is -2.40. The molecular weight excluding hydrogens is 340 g/mol. The van der Waals surface area contributed by atoms with Gasteiger partial charge in [0.2, 0.25) is 0 Å². The summed E-state index contributed by atoms with van der Waals surface area (Å²) in [5.74, 6) is 0.781. The lowest BCUT2D eigenvalue weighted by Crippen LogP contribution is -2.52. The summed E-state index contributed by atoms with van der Waals surface area (Å²) in [4.78, 5) is 12.9. The van der Waals surface area contributed by atoms with E-state index in [1.54, 1.807) is 21.3 Å². The Labute approximate surface area is 148 Å². The highest BCUT2D eigenvalue weighted by molar-refractivity contribution is 6.75. The van der Waals surface area contributed by atoms with E-state index < -0.39 is 17.1 Å². The summed E-state index contributed by atoms with van der Waals surface area (Å²) < 4.78 is 23.2. The third kappa shape index (κ3) is 3.38. The van der Waals surface area contributed by atoms with Crippen LogP contribution >= 0.6 is 0 Å². The van der Waals surface area contributed by atoms with Crippen LogP contribution in [0.4, 0.5) is 0 Å². The molecule has 5 nitrogen and oxygen atoms in total. The highest BCUT2D eigenvalue weighted by atomic mass is 28.4. The average molecular weight is 375 g/mol. The molecule has 0 aromatic rings. The second kappa shape index (κ2) is 6.83. The molecule has 4 atom stereocenters. The van der Waals surface area contributed by atoms with Gasteiger partial charge in [0.15, 0.2) is 0 Å². The molecule has 7 heteroatoms. The second-order valence-electron chi connectivity index (χ2n) is 8.85. The normalized spacial score (nSPS) is 30.7. The van der Waals surface area contributed by atoms with Crippen molar-refractivity contribution in [1.82, 2.24) is 0 Å². The highest BCUT2D eigenvalue weighted by Crippen LogP contribution is 2.59. The number of rotatable bonds is 6. The second-order valence-corrected chi connectivity index (χ2v) is 16.7. The Balaban J connectivity index is 2.15. The van der Waals surface area contributed by atoms with Gasteiger partial charge in [0.1, 0.15) is 0 Å². The van der Waals surface area contributed by atoms with Crippen LogP contribution in [0.1, 0.15) is 40.0 Å². The number of hydrogen-bond acceptors (Lipinski definition) is 5. The van der Waals surface area contributed by atoms with E-state index in [2.05, 4.69) is 33.9 Å². The van der Waals surface area contributed by atoms with Gasteiger partial charge in [-0.15, -0.1) is 0 Å². The topological polar surface area (TPSA) is 54.0 Å². The van der Waals surface area contributed by atoms with E-state index in [9.17, 15) is 4.79 Å². The molecule has 0 heterocycles. The molecule has 0 radical (unpaired) electrons. The van der Waals surface area contributed by atoms with Gasteiger partial charge >= 0.3 is 8.80 Å². The van der Waals surface area contributed by atoms with Crippen molar-refractivity contribution in [3.8, 4) is 0 Å². The fourth-order valence-corrected chi connectivity index (χ4v) is 8.10. The van der Waals surface area contributed by atoms with Gasteiger partial charge < -0.3 is 17.7 Å². The van der Waals surface area contributed by atoms with E-state index in [1.165, 1.54) is 0 Å². The van der Waals surface area contributed by atoms with Crippen LogP contribution < -0.4 is 0 Å². The number of carbonyl (C=O) groups is 1. The van der Waals surface area contributed by atoms with Crippen molar-refractivity contribution in [2.75, 3.05) is 21.3 Å². The maximum absolute atomic E-state index is 12.9. The Morgan fingerprint density at radius 2 is 1.50 bits per heavy atom. The van der Waals surface area contributed by atoms with Gasteiger partial charge in [-0.25, -0.2) is 0 Å². The van der Waals surface area contributed by atoms with Crippen molar-refractivity contribution in [2.24, 2.45) is 17.8 Å². The highest BCUT2D eigenvalue weighted by Gasteiger charge is 2.61. The predicted octanol–water partition coefficient (Wildman–Crippen LogP) is 3.83. The number of fused-ring (bicyclic) bond motifs is 2. The summed E-state index contributed by atoms with van der Waals surface area (Å²) in [6.07, 6.45) is 3.04. The third-order valence-electron chi connectivity index (χ3n) is 6.59. The van der Waals surface area contributed by atoms with Gasteiger partial charge in [-0.3, -0.25) is 4.79 Å². The summed E-state index contributed by atoms with van der Waals surface area (Å²) in [5, 5.41) is 0.0315. The van der Waals surface area contributed by atoms with Crippen molar-refractivity contribution >= 4 is 23.1 Å². The molecule has 2 aliphatic rings. The molecule has 24 heavy (non-hydrogen) atoms. The van der Waals surface area contributed by atoms with Crippen LogP contribution in [0.3, 0.4) is 0 Å². The van der Waals surface area contributed by atoms with Crippen molar-refractivity contribution in [1.29, 1.82) is 0 Å². The first-order valence-corrected chi connectivity index (χ1v) is 13.6. The van der Waals surface area contributed by atoms with Crippen LogP contribution in [0, 0.1) is 17.8 Å². The fourth-order valence-electron chi connectivity index (χ4n) is 4.21. The van der Waals surface area contributed by atoms with Crippen molar-refractivity contribution in [3.63, 3.8) is 0 Å². The quantitative estimate of drug-likeness (QED) is 0.661. The van der Waals surface area contributed by atoms with Crippen LogP contribution in [0.25, 0.3) is 0 Å². The Morgan fingerprint density at radius 1 is 0.958 bits per heavy atom. The summed E-state index contributed by atoms with van der Waals surface area (Å²) in [7, 11) is 0.177. The largest absolute Gasteiger partial charge is 0.519 e. The molecule has 2 saturated carbocycles. The minimum absolute atomic E-state index is 0.00926. The molecule has 0 amide bonds. The monoisotopic (exact) mass is 374 g/mol. The zero-order valence-electron chi connectivity index (χ0n) is 16.5. The predicted molar refractivity (Wildman–Crippen MR) is 98.1 cm³/mol. The molecular formula is C17H34O5Si2. The molecule has 4 unspecified atom stereocenters. The molecule has 2 bridgehead atoms. The van der Waals surface area contributed by atoms with E-state index in [1.807, 2.05) is 0 Å². The van der Waals surface area contributed by atoms with E-state index in [-0.39, 0.29) is 28.4 Å². The Bertz CT molecular complexity index is 462. The fraction of sp³-hybridized carbons (Fsp3) is 0.941. The zero-order valence-corrected chi connectivity index (χ0v) is 18.5. The molecule has 0 saturated heterocycles. The Hall–Kier alpha value is -0.216. The molecule has 0 aromatic heterocycles. The standard InChI is InChI=1S/C17H34O5Si2/c1-17(2,3)23(7,8)22-16(18)14-10-12-9-13(14)15(11-12)24(19-4,20-5)21-6/h12-15H,9-11H2,1-8H3. The molecule has 0 aromatic carbocycles. The first-order chi connectivity index (χ1) is 11.0. The molecule has 0 spiro atoms. The van der Waals surface area contributed by atoms with Crippen LogP contribution in [0.2, 0.25) is 23.7 Å². The molecule has 0 aliphatic heterocycles. The SMILES string of the molecule is CO[Si](OC)(OC)C1CC2CC(C(=O)O[Si](C)(C)C(C)(C)C)C1C2. The van der Waals surface area contributed by atoms with Gasteiger partial charge in [0.05, 0.1) is 5.92 Å². The number of hydrogen-bond donors (Lipinski definition) is 0. The summed E-state index contributed by atoms with van der Waals surface area (Å²) in [5.41, 5.74) is 0.202. The van der Waals surface area contributed by atoms with E-state index in [4.69, 9.17) is 17.7 Å². The van der Waals surface area contributed by atoms with Crippen LogP contribution in [-0.2, 0) is 22.5 Å². The maximum Gasteiger partial charge on any atom is 0.503 e. The average Bonchev–Trinajstić information content (AvgIpc) is 3.09. The number of carbonyl (C=O) groups excluding carboxylic acids is 1. The smallest absolute Gasteiger partial charge is 0.503 e. The summed E-state index contributed by atoms with van der Waals surface area (Å²) in [6, 6.07) is 0. The summed E-state index contributed by atoms with van der Waals surface area (Å²) >= 11 is 0. The lowest BCUT2D eigenvalue weighted by molar-refractivity contribution is -0.142. The molecule has 0 N–H and O–H groups in total. The molecule has 2 fully saturated rings. The van der Waals surface area contributed by atoms with Gasteiger partial charge in [-0.05, 0) is 49.2 Å². The molecule has 2 aliphatic carbocycles. The van der Waals surface area contributed by atoms with Gasteiger partial charge in [0.25, 0.3) is 14.3 Å². The molecule has 2 rings (SSSR count). The third-order valence-corrected chi connectivity index (χ3v) is 14.2.